The average Bonchev–Trinajstić information content (AvgIpc) is 2.38. The molecule has 0 fully saturated rings. The van der Waals surface area contributed by atoms with E-state index in [4.69, 9.17) is 46.4 Å². The van der Waals surface area contributed by atoms with Crippen molar-refractivity contribution in [2.24, 2.45) is 10.2 Å². The molecule has 0 unspecified atom stereocenters. The third kappa shape index (κ3) is 2.96. The molecule has 0 N–H and O–H groups in total. The first-order valence-electron chi connectivity index (χ1n) is 4.89. The first kappa shape index (κ1) is 13.6. The van der Waals surface area contributed by atoms with Crippen LogP contribution in [0.1, 0.15) is 0 Å². The van der Waals surface area contributed by atoms with Crippen molar-refractivity contribution in [1.29, 1.82) is 0 Å². The molecule has 0 atom stereocenters. The van der Waals surface area contributed by atoms with Crippen molar-refractivity contribution in [2.45, 2.75) is 0 Å². The van der Waals surface area contributed by atoms with Crippen LogP contribution in [0, 0.1) is 0 Å². The van der Waals surface area contributed by atoms with Gasteiger partial charge in [-0.15, -0.1) is 5.11 Å². The van der Waals surface area contributed by atoms with Gasteiger partial charge < -0.3 is 0 Å². The fraction of sp³-hybridized carbons (Fsp3) is 0. The van der Waals surface area contributed by atoms with Gasteiger partial charge in [-0.1, -0.05) is 64.6 Å². The van der Waals surface area contributed by atoms with E-state index in [1.165, 1.54) is 6.07 Å². The second-order valence-electron chi connectivity index (χ2n) is 3.35. The van der Waals surface area contributed by atoms with Crippen molar-refractivity contribution in [1.82, 2.24) is 0 Å². The van der Waals surface area contributed by atoms with Crippen molar-refractivity contribution in [3.05, 3.63) is 56.5 Å². The Morgan fingerprint density at radius 2 is 1.28 bits per heavy atom. The molecular weight excluding hydrogens is 314 g/mol. The van der Waals surface area contributed by atoms with E-state index >= 15 is 0 Å². The lowest BCUT2D eigenvalue weighted by Gasteiger charge is -2.04. The van der Waals surface area contributed by atoms with Crippen LogP contribution in [0.4, 0.5) is 11.4 Å². The lowest BCUT2D eigenvalue weighted by atomic mass is 10.3. The molecule has 0 radical (unpaired) electrons. The molecule has 0 spiro atoms. The molecule has 0 amide bonds. The Bertz CT molecular complexity index is 571. The summed E-state index contributed by atoms with van der Waals surface area (Å²) < 4.78 is 0. The summed E-state index contributed by atoms with van der Waals surface area (Å²) >= 11 is 23.8. The predicted molar refractivity (Wildman–Crippen MR) is 77.1 cm³/mol. The first-order chi connectivity index (χ1) is 8.59. The summed E-state index contributed by atoms with van der Waals surface area (Å²) in [4.78, 5) is 0. The standard InChI is InChI=1S/C12H6Cl4N2/c13-8-6-9(14)11(16)12(10(8)15)18-17-7-4-2-1-3-5-7/h1-6H/b18-17+. The minimum atomic E-state index is 0.228. The number of hydrogen-bond acceptors (Lipinski definition) is 2. The Labute approximate surface area is 124 Å². The lowest BCUT2D eigenvalue weighted by molar-refractivity contribution is 1.23. The van der Waals surface area contributed by atoms with Crippen LogP contribution in [-0.2, 0) is 0 Å². The van der Waals surface area contributed by atoms with Gasteiger partial charge in [-0.05, 0) is 18.2 Å². The van der Waals surface area contributed by atoms with E-state index in [2.05, 4.69) is 10.2 Å². The molecule has 2 rings (SSSR count). The molecule has 0 aliphatic heterocycles. The highest BCUT2D eigenvalue weighted by Crippen LogP contribution is 2.43. The molecule has 18 heavy (non-hydrogen) atoms. The van der Waals surface area contributed by atoms with Gasteiger partial charge in [-0.25, -0.2) is 0 Å². The maximum Gasteiger partial charge on any atom is 0.126 e. The van der Waals surface area contributed by atoms with E-state index in [1.807, 2.05) is 18.2 Å². The van der Waals surface area contributed by atoms with Crippen LogP contribution in [0.5, 0.6) is 0 Å². The minimum Gasteiger partial charge on any atom is -0.150 e. The fourth-order valence-corrected chi connectivity index (χ4v) is 2.13. The molecule has 0 bridgehead atoms. The maximum absolute atomic E-state index is 6.01. The van der Waals surface area contributed by atoms with Gasteiger partial charge in [0.05, 0.1) is 25.8 Å². The molecule has 0 aromatic heterocycles. The smallest absolute Gasteiger partial charge is 0.126 e. The van der Waals surface area contributed by atoms with Gasteiger partial charge in [0.1, 0.15) is 5.69 Å². The van der Waals surface area contributed by atoms with E-state index in [9.17, 15) is 0 Å². The molecule has 2 aromatic rings. The summed E-state index contributed by atoms with van der Waals surface area (Å²) in [6.45, 7) is 0. The SMILES string of the molecule is Clc1cc(Cl)c(Cl)c(/N=N/c2ccccc2)c1Cl. The Morgan fingerprint density at radius 1 is 0.722 bits per heavy atom. The summed E-state index contributed by atoms with van der Waals surface area (Å²) in [6, 6.07) is 10.7. The number of halogens is 4. The molecule has 92 valence electrons. The third-order valence-corrected chi connectivity index (χ3v) is 3.67. The van der Waals surface area contributed by atoms with E-state index in [-0.39, 0.29) is 25.8 Å². The molecule has 0 saturated heterocycles. The predicted octanol–water partition coefficient (Wildman–Crippen LogP) is 6.72. The van der Waals surface area contributed by atoms with Gasteiger partial charge in [-0.3, -0.25) is 0 Å². The summed E-state index contributed by atoms with van der Waals surface area (Å²) in [6.07, 6.45) is 0. The zero-order valence-electron chi connectivity index (χ0n) is 8.87. The highest BCUT2D eigenvalue weighted by Gasteiger charge is 2.13. The number of benzene rings is 2. The number of azo groups is 1. The normalized spacial score (nSPS) is 11.1. The lowest BCUT2D eigenvalue weighted by Crippen LogP contribution is -1.76. The Hall–Kier alpha value is -0.800. The molecule has 0 saturated carbocycles. The Morgan fingerprint density at radius 3 is 1.83 bits per heavy atom. The van der Waals surface area contributed by atoms with Crippen LogP contribution in [0.3, 0.4) is 0 Å². The largest absolute Gasteiger partial charge is 0.150 e. The topological polar surface area (TPSA) is 24.7 Å². The number of rotatable bonds is 2. The first-order valence-corrected chi connectivity index (χ1v) is 6.40. The molecule has 0 aliphatic rings. The summed E-state index contributed by atoms with van der Waals surface area (Å²) in [5.74, 6) is 0. The zero-order chi connectivity index (χ0) is 13.1. The van der Waals surface area contributed by atoms with Crippen LogP contribution >= 0.6 is 46.4 Å². The Kier molecular flexibility index (Phi) is 4.46. The number of hydrogen-bond donors (Lipinski definition) is 0. The van der Waals surface area contributed by atoms with Crippen molar-refractivity contribution in [2.75, 3.05) is 0 Å². The quantitative estimate of drug-likeness (QED) is 0.434. The molecule has 0 heterocycles. The van der Waals surface area contributed by atoms with E-state index in [0.29, 0.717) is 5.69 Å². The van der Waals surface area contributed by atoms with Gasteiger partial charge in [0.25, 0.3) is 0 Å². The van der Waals surface area contributed by atoms with Gasteiger partial charge in [0.2, 0.25) is 0 Å². The van der Waals surface area contributed by atoms with Crippen molar-refractivity contribution in [3.8, 4) is 0 Å². The molecule has 6 heteroatoms. The van der Waals surface area contributed by atoms with Crippen molar-refractivity contribution >= 4 is 57.8 Å². The van der Waals surface area contributed by atoms with Crippen LogP contribution in [0.25, 0.3) is 0 Å². The third-order valence-electron chi connectivity index (χ3n) is 2.11. The molecule has 2 aromatic carbocycles. The van der Waals surface area contributed by atoms with Crippen LogP contribution in [0.15, 0.2) is 46.6 Å². The van der Waals surface area contributed by atoms with Crippen LogP contribution in [-0.4, -0.2) is 0 Å². The summed E-state index contributed by atoms with van der Waals surface area (Å²) in [5.41, 5.74) is 0.945. The number of nitrogens with zero attached hydrogens (tertiary/aromatic N) is 2. The Balaban J connectivity index is 2.44. The zero-order valence-corrected chi connectivity index (χ0v) is 11.9. The second kappa shape index (κ2) is 5.89. The van der Waals surface area contributed by atoms with Crippen molar-refractivity contribution in [3.63, 3.8) is 0 Å². The van der Waals surface area contributed by atoms with E-state index in [0.717, 1.165) is 0 Å². The molecular formula is C12H6Cl4N2. The van der Waals surface area contributed by atoms with E-state index in [1.54, 1.807) is 12.1 Å². The van der Waals surface area contributed by atoms with Gasteiger partial charge in [-0.2, -0.15) is 5.11 Å². The maximum atomic E-state index is 6.01. The fourth-order valence-electron chi connectivity index (χ4n) is 1.25. The molecule has 2 nitrogen and oxygen atoms in total. The van der Waals surface area contributed by atoms with Gasteiger partial charge in [0.15, 0.2) is 0 Å². The van der Waals surface area contributed by atoms with Crippen molar-refractivity contribution < 1.29 is 0 Å². The van der Waals surface area contributed by atoms with Crippen LogP contribution in [0.2, 0.25) is 20.1 Å². The second-order valence-corrected chi connectivity index (χ2v) is 4.92. The summed E-state index contributed by atoms with van der Waals surface area (Å²) in [7, 11) is 0. The highest BCUT2D eigenvalue weighted by molar-refractivity contribution is 6.49. The van der Waals surface area contributed by atoms with Gasteiger partial charge >= 0.3 is 0 Å². The minimum absolute atomic E-state index is 0.228. The molecule has 0 aliphatic carbocycles. The summed E-state index contributed by atoms with van der Waals surface area (Å²) in [5, 5.41) is 9.03. The average molecular weight is 320 g/mol. The highest BCUT2D eigenvalue weighted by atomic mass is 35.5. The monoisotopic (exact) mass is 318 g/mol. The van der Waals surface area contributed by atoms with E-state index < -0.39 is 0 Å². The van der Waals surface area contributed by atoms with Crippen LogP contribution < -0.4 is 0 Å². The van der Waals surface area contributed by atoms with Gasteiger partial charge in [0, 0.05) is 0 Å².